The molecule has 1 aromatic rings. The molecule has 0 atom stereocenters. The van der Waals surface area contributed by atoms with Gasteiger partial charge in [0, 0.05) is 11.1 Å². The zero-order chi connectivity index (χ0) is 12.5. The van der Waals surface area contributed by atoms with E-state index in [1.165, 1.54) is 5.56 Å². The van der Waals surface area contributed by atoms with Crippen LogP contribution < -0.4 is 0 Å². The van der Waals surface area contributed by atoms with Gasteiger partial charge in [0.25, 0.3) is 0 Å². The van der Waals surface area contributed by atoms with Gasteiger partial charge in [0.1, 0.15) is 5.76 Å². The average Bonchev–Trinajstić information content (AvgIpc) is 2.70. The number of esters is 1. The van der Waals surface area contributed by atoms with E-state index in [0.717, 1.165) is 48.2 Å². The van der Waals surface area contributed by atoms with Crippen molar-refractivity contribution in [1.82, 2.24) is 0 Å². The monoisotopic (exact) mass is 240 g/mol. The molecule has 0 amide bonds. The molecule has 3 rings (SSSR count). The Bertz CT molecular complexity index is 547. The summed E-state index contributed by atoms with van der Waals surface area (Å²) < 4.78 is 5.39. The van der Waals surface area contributed by atoms with Crippen LogP contribution in [0.5, 0.6) is 0 Å². The van der Waals surface area contributed by atoms with Gasteiger partial charge in [-0.15, -0.1) is 0 Å². The topological polar surface area (TPSA) is 26.3 Å². The third-order valence-electron chi connectivity index (χ3n) is 3.59. The van der Waals surface area contributed by atoms with Gasteiger partial charge in [-0.2, -0.15) is 0 Å². The van der Waals surface area contributed by atoms with E-state index < -0.39 is 0 Å². The van der Waals surface area contributed by atoms with Crippen LogP contribution in [0.15, 0.2) is 41.2 Å². The summed E-state index contributed by atoms with van der Waals surface area (Å²) in [5.74, 6) is 0.626. The largest absolute Gasteiger partial charge is 0.423 e. The summed E-state index contributed by atoms with van der Waals surface area (Å²) in [5.41, 5.74) is 4.35. The molecular formula is C16H16O2. The first kappa shape index (κ1) is 11.3. The van der Waals surface area contributed by atoms with Gasteiger partial charge in [-0.1, -0.05) is 29.8 Å². The second-order valence-electron chi connectivity index (χ2n) is 4.97. The van der Waals surface area contributed by atoms with Crippen molar-refractivity contribution in [3.8, 4) is 0 Å². The minimum absolute atomic E-state index is 0.136. The van der Waals surface area contributed by atoms with E-state index >= 15 is 0 Å². The third kappa shape index (κ3) is 1.99. The maximum absolute atomic E-state index is 11.7. The molecule has 2 nitrogen and oxygen atoms in total. The minimum atomic E-state index is -0.136. The Morgan fingerprint density at radius 1 is 1.06 bits per heavy atom. The Kier molecular flexibility index (Phi) is 2.78. The number of rotatable bonds is 1. The number of hydrogen-bond donors (Lipinski definition) is 0. The molecule has 1 aliphatic heterocycles. The lowest BCUT2D eigenvalue weighted by atomic mass is 9.92. The van der Waals surface area contributed by atoms with Crippen LogP contribution in [0, 0.1) is 6.92 Å². The van der Waals surface area contributed by atoms with Crippen LogP contribution >= 0.6 is 0 Å². The Hall–Kier alpha value is -1.83. The van der Waals surface area contributed by atoms with Gasteiger partial charge in [0.2, 0.25) is 0 Å². The second kappa shape index (κ2) is 4.45. The Labute approximate surface area is 107 Å². The highest BCUT2D eigenvalue weighted by Gasteiger charge is 2.30. The summed E-state index contributed by atoms with van der Waals surface area (Å²) in [6.07, 6.45) is 6.08. The van der Waals surface area contributed by atoms with E-state index in [4.69, 9.17) is 4.74 Å². The van der Waals surface area contributed by atoms with E-state index in [9.17, 15) is 4.79 Å². The number of carbonyl (C=O) groups is 1. The van der Waals surface area contributed by atoms with Crippen LogP contribution in [-0.2, 0) is 9.53 Å². The number of cyclic esters (lactones) is 1. The maximum atomic E-state index is 11.7. The van der Waals surface area contributed by atoms with Gasteiger partial charge >= 0.3 is 5.97 Å². The molecule has 0 saturated heterocycles. The normalized spacial score (nSPS) is 21.2. The second-order valence-corrected chi connectivity index (χ2v) is 4.97. The van der Waals surface area contributed by atoms with Gasteiger partial charge in [-0.3, -0.25) is 0 Å². The zero-order valence-electron chi connectivity index (χ0n) is 10.5. The van der Waals surface area contributed by atoms with Gasteiger partial charge in [0.15, 0.2) is 0 Å². The third-order valence-corrected chi connectivity index (χ3v) is 3.59. The summed E-state index contributed by atoms with van der Waals surface area (Å²) in [7, 11) is 0. The van der Waals surface area contributed by atoms with Gasteiger partial charge < -0.3 is 4.74 Å². The molecule has 1 aliphatic carbocycles. The van der Waals surface area contributed by atoms with Crippen molar-refractivity contribution >= 4 is 12.0 Å². The first-order valence-electron chi connectivity index (χ1n) is 6.47. The SMILES string of the molecule is Cc1ccc(/C=C2\OC(=O)C3=C2CCCC3)cc1. The Morgan fingerprint density at radius 3 is 2.44 bits per heavy atom. The fourth-order valence-electron chi connectivity index (χ4n) is 2.56. The van der Waals surface area contributed by atoms with Crippen LogP contribution in [0.3, 0.4) is 0 Å². The van der Waals surface area contributed by atoms with Crippen LogP contribution in [0.1, 0.15) is 36.8 Å². The molecular weight excluding hydrogens is 224 g/mol. The molecule has 0 fully saturated rings. The Balaban J connectivity index is 1.95. The van der Waals surface area contributed by atoms with Crippen molar-refractivity contribution in [2.75, 3.05) is 0 Å². The molecule has 1 heterocycles. The highest BCUT2D eigenvalue weighted by Crippen LogP contribution is 2.37. The first-order valence-corrected chi connectivity index (χ1v) is 6.47. The predicted octanol–water partition coefficient (Wildman–Crippen LogP) is 3.76. The van der Waals surface area contributed by atoms with E-state index in [1.807, 2.05) is 6.08 Å². The van der Waals surface area contributed by atoms with E-state index in [1.54, 1.807) is 0 Å². The molecule has 0 unspecified atom stereocenters. The van der Waals surface area contributed by atoms with Crippen molar-refractivity contribution in [3.05, 3.63) is 52.3 Å². The van der Waals surface area contributed by atoms with Crippen LogP contribution in [0.2, 0.25) is 0 Å². The number of benzene rings is 1. The zero-order valence-corrected chi connectivity index (χ0v) is 10.5. The van der Waals surface area contributed by atoms with Gasteiger partial charge in [0.05, 0.1) is 0 Å². The number of carbonyl (C=O) groups excluding carboxylic acids is 1. The molecule has 92 valence electrons. The van der Waals surface area contributed by atoms with Crippen LogP contribution in [-0.4, -0.2) is 5.97 Å². The fraction of sp³-hybridized carbons (Fsp3) is 0.312. The van der Waals surface area contributed by atoms with Crippen LogP contribution in [0.25, 0.3) is 6.08 Å². The van der Waals surface area contributed by atoms with Crippen molar-refractivity contribution in [3.63, 3.8) is 0 Å². The van der Waals surface area contributed by atoms with E-state index in [-0.39, 0.29) is 5.97 Å². The summed E-state index contributed by atoms with van der Waals surface area (Å²) in [6.45, 7) is 2.06. The Morgan fingerprint density at radius 2 is 1.72 bits per heavy atom. The average molecular weight is 240 g/mol. The molecule has 0 spiro atoms. The molecule has 18 heavy (non-hydrogen) atoms. The lowest BCUT2D eigenvalue weighted by molar-refractivity contribution is -0.133. The summed E-state index contributed by atoms with van der Waals surface area (Å²) >= 11 is 0. The first-order chi connectivity index (χ1) is 8.74. The van der Waals surface area contributed by atoms with E-state index in [2.05, 4.69) is 31.2 Å². The molecule has 2 heteroatoms. The molecule has 0 bridgehead atoms. The fourth-order valence-corrected chi connectivity index (χ4v) is 2.56. The van der Waals surface area contributed by atoms with Gasteiger partial charge in [-0.05, 0) is 44.2 Å². The van der Waals surface area contributed by atoms with Crippen LogP contribution in [0.4, 0.5) is 0 Å². The standard InChI is InChI=1S/C16H16O2/c1-11-6-8-12(9-7-11)10-15-13-4-2-3-5-14(13)16(17)18-15/h6-10H,2-5H2,1H3/b15-10-. The molecule has 2 aliphatic rings. The molecule has 0 saturated carbocycles. The van der Waals surface area contributed by atoms with Crippen molar-refractivity contribution in [2.24, 2.45) is 0 Å². The van der Waals surface area contributed by atoms with Crippen molar-refractivity contribution < 1.29 is 9.53 Å². The highest BCUT2D eigenvalue weighted by atomic mass is 16.5. The lowest BCUT2D eigenvalue weighted by Crippen LogP contribution is -2.01. The van der Waals surface area contributed by atoms with Crippen molar-refractivity contribution in [2.45, 2.75) is 32.6 Å². The number of aryl methyl sites for hydroxylation is 1. The molecule has 0 aromatic heterocycles. The number of hydrogen-bond acceptors (Lipinski definition) is 2. The molecule has 0 N–H and O–H groups in total. The molecule has 1 aromatic carbocycles. The molecule has 0 radical (unpaired) electrons. The maximum Gasteiger partial charge on any atom is 0.339 e. The highest BCUT2D eigenvalue weighted by molar-refractivity contribution is 5.95. The lowest BCUT2D eigenvalue weighted by Gasteiger charge is -2.10. The number of ether oxygens (including phenoxy) is 1. The van der Waals surface area contributed by atoms with Gasteiger partial charge in [-0.25, -0.2) is 4.79 Å². The number of allylic oxidation sites excluding steroid dienone is 1. The smallest absolute Gasteiger partial charge is 0.339 e. The minimum Gasteiger partial charge on any atom is -0.423 e. The van der Waals surface area contributed by atoms with E-state index in [0.29, 0.717) is 0 Å². The predicted molar refractivity (Wildman–Crippen MR) is 70.7 cm³/mol. The summed E-state index contributed by atoms with van der Waals surface area (Å²) in [5, 5.41) is 0. The summed E-state index contributed by atoms with van der Waals surface area (Å²) in [6, 6.07) is 8.24. The van der Waals surface area contributed by atoms with Crippen molar-refractivity contribution in [1.29, 1.82) is 0 Å². The quantitative estimate of drug-likeness (QED) is 0.698. The summed E-state index contributed by atoms with van der Waals surface area (Å²) in [4.78, 5) is 11.7.